The maximum absolute atomic E-state index is 5.30. The predicted molar refractivity (Wildman–Crippen MR) is 292 cm³/mol. The average molecular weight is 892 g/mol. The van der Waals surface area contributed by atoms with E-state index in [9.17, 15) is 0 Å². The van der Waals surface area contributed by atoms with Gasteiger partial charge in [-0.1, -0.05) is 176 Å². The van der Waals surface area contributed by atoms with Crippen molar-refractivity contribution in [3.05, 3.63) is 255 Å². The Morgan fingerprint density at radius 2 is 0.814 bits per heavy atom. The van der Waals surface area contributed by atoms with Crippen molar-refractivity contribution in [2.75, 3.05) is 9.80 Å². The maximum atomic E-state index is 5.30. The van der Waals surface area contributed by atoms with Crippen LogP contribution in [0.25, 0.3) is 72.5 Å². The van der Waals surface area contributed by atoms with Crippen LogP contribution in [0.4, 0.5) is 34.1 Å². The van der Waals surface area contributed by atoms with Crippen molar-refractivity contribution in [1.29, 1.82) is 0 Å². The summed E-state index contributed by atoms with van der Waals surface area (Å²) in [5, 5.41) is 2.37. The molecule has 2 aromatic heterocycles. The fourth-order valence-corrected chi connectivity index (χ4v) is 11.1. The van der Waals surface area contributed by atoms with Crippen molar-refractivity contribution in [2.24, 2.45) is 0 Å². The summed E-state index contributed by atoms with van der Waals surface area (Å²) in [7, 11) is 0. The quantitative estimate of drug-likeness (QED) is 0.149. The lowest BCUT2D eigenvalue weighted by Gasteiger charge is -2.44. The van der Waals surface area contributed by atoms with E-state index in [-0.39, 0.29) is 6.71 Å². The first kappa shape index (κ1) is 39.9. The van der Waals surface area contributed by atoms with Gasteiger partial charge in [-0.3, -0.25) is 0 Å². The van der Waals surface area contributed by atoms with Gasteiger partial charge >= 0.3 is 0 Å². The Bertz CT molecular complexity index is 3800. The Morgan fingerprint density at radius 3 is 1.46 bits per heavy atom. The van der Waals surface area contributed by atoms with Crippen LogP contribution in [0.15, 0.2) is 255 Å². The van der Waals surface area contributed by atoms with Gasteiger partial charge in [-0.15, -0.1) is 0 Å². The molecule has 4 heterocycles. The van der Waals surface area contributed by atoms with Gasteiger partial charge in [0, 0.05) is 61.6 Å². The van der Waals surface area contributed by atoms with E-state index in [2.05, 4.69) is 245 Å². The van der Waals surface area contributed by atoms with Crippen LogP contribution in [0.2, 0.25) is 0 Å². The van der Waals surface area contributed by atoms with Gasteiger partial charge in [0.1, 0.15) is 0 Å². The molecule has 10 aromatic carbocycles. The van der Waals surface area contributed by atoms with Gasteiger partial charge in [0.25, 0.3) is 6.71 Å². The Morgan fingerprint density at radius 1 is 0.314 bits per heavy atom. The van der Waals surface area contributed by atoms with E-state index in [1.807, 2.05) is 24.3 Å². The minimum absolute atomic E-state index is 0.0503. The molecule has 0 N–H and O–H groups in total. The zero-order valence-corrected chi connectivity index (χ0v) is 38.1. The summed E-state index contributed by atoms with van der Waals surface area (Å²) in [6.07, 6.45) is 0. The highest BCUT2D eigenvalue weighted by Crippen LogP contribution is 2.47. The molecule has 70 heavy (non-hydrogen) atoms. The summed E-state index contributed by atoms with van der Waals surface area (Å²) in [6.45, 7) is 0.0503. The molecule has 12 aromatic rings. The lowest BCUT2D eigenvalue weighted by atomic mass is 9.33. The number of aromatic nitrogens is 3. The molecule has 5 nitrogen and oxygen atoms in total. The van der Waals surface area contributed by atoms with Crippen LogP contribution in [-0.4, -0.2) is 21.2 Å². The summed E-state index contributed by atoms with van der Waals surface area (Å²) in [6, 6.07) is 91.8. The molecule has 0 amide bonds. The number of fused-ring (bicyclic) bond motifs is 7. The highest BCUT2D eigenvalue weighted by molar-refractivity contribution is 7.00. The van der Waals surface area contributed by atoms with E-state index < -0.39 is 0 Å². The van der Waals surface area contributed by atoms with Crippen LogP contribution in [0.3, 0.4) is 0 Å². The van der Waals surface area contributed by atoms with E-state index in [1.54, 1.807) is 0 Å². The number of benzene rings is 10. The molecular weight excluding hydrogens is 850 g/mol. The summed E-state index contributed by atoms with van der Waals surface area (Å²) in [5.74, 6) is 0.692. The van der Waals surface area contributed by atoms with Crippen molar-refractivity contribution in [2.45, 2.75) is 0 Å². The zero-order valence-electron chi connectivity index (χ0n) is 38.1. The molecule has 0 spiro atoms. The molecule has 0 unspecified atom stereocenters. The van der Waals surface area contributed by atoms with Crippen molar-refractivity contribution >= 4 is 79.0 Å². The van der Waals surface area contributed by atoms with E-state index in [1.165, 1.54) is 49.9 Å². The van der Waals surface area contributed by atoms with E-state index in [0.29, 0.717) is 5.82 Å². The molecule has 0 radical (unpaired) electrons. The molecule has 2 aliphatic rings. The van der Waals surface area contributed by atoms with Crippen molar-refractivity contribution in [1.82, 2.24) is 14.5 Å². The molecule has 0 atom stereocenters. The molecule has 0 bridgehead atoms. The molecule has 0 saturated carbocycles. The van der Waals surface area contributed by atoms with Crippen LogP contribution in [-0.2, 0) is 0 Å². The number of anilines is 6. The molecular formula is C64H42BN5. The topological polar surface area (TPSA) is 37.2 Å². The number of hydrogen-bond donors (Lipinski definition) is 0. The molecule has 0 fully saturated rings. The van der Waals surface area contributed by atoms with Crippen LogP contribution in [0.5, 0.6) is 0 Å². The Balaban J connectivity index is 0.990. The zero-order chi connectivity index (χ0) is 46.1. The Hall–Kier alpha value is -9.26. The average Bonchev–Trinajstić information content (AvgIpc) is 3.77. The number of nitrogens with zero attached hydrogens (tertiary/aromatic N) is 5. The lowest BCUT2D eigenvalue weighted by Crippen LogP contribution is -2.61. The van der Waals surface area contributed by atoms with Gasteiger partial charge in [0.2, 0.25) is 0 Å². The smallest absolute Gasteiger partial charge is 0.252 e. The third kappa shape index (κ3) is 6.34. The predicted octanol–water partition coefficient (Wildman–Crippen LogP) is 14.3. The van der Waals surface area contributed by atoms with Gasteiger partial charge in [0.05, 0.1) is 28.1 Å². The van der Waals surface area contributed by atoms with Crippen LogP contribution < -0.4 is 26.2 Å². The van der Waals surface area contributed by atoms with Gasteiger partial charge in [-0.2, -0.15) is 0 Å². The molecule has 2 aliphatic heterocycles. The van der Waals surface area contributed by atoms with Crippen molar-refractivity contribution in [3.63, 3.8) is 0 Å². The number of para-hydroxylation sites is 6. The van der Waals surface area contributed by atoms with E-state index in [4.69, 9.17) is 9.97 Å². The second kappa shape index (κ2) is 16.2. The highest BCUT2D eigenvalue weighted by atomic mass is 15.2. The fourth-order valence-electron chi connectivity index (χ4n) is 11.1. The minimum Gasteiger partial charge on any atom is -0.311 e. The van der Waals surface area contributed by atoms with Crippen molar-refractivity contribution < 1.29 is 0 Å². The monoisotopic (exact) mass is 891 g/mol. The normalized spacial score (nSPS) is 12.5. The van der Waals surface area contributed by atoms with Gasteiger partial charge in [-0.25, -0.2) is 9.97 Å². The molecule has 14 rings (SSSR count). The van der Waals surface area contributed by atoms with Crippen molar-refractivity contribution in [3.8, 4) is 50.7 Å². The van der Waals surface area contributed by atoms with E-state index in [0.717, 1.165) is 67.3 Å². The maximum Gasteiger partial charge on any atom is 0.252 e. The van der Waals surface area contributed by atoms with Gasteiger partial charge < -0.3 is 14.4 Å². The van der Waals surface area contributed by atoms with E-state index >= 15 is 0 Å². The molecule has 0 aliphatic carbocycles. The Labute approximate surface area is 406 Å². The number of hydrogen-bond acceptors (Lipinski definition) is 4. The molecule has 0 saturated heterocycles. The lowest BCUT2D eigenvalue weighted by molar-refractivity contribution is 1.15. The third-order valence-electron chi connectivity index (χ3n) is 14.2. The third-order valence-corrected chi connectivity index (χ3v) is 14.2. The summed E-state index contributed by atoms with van der Waals surface area (Å²) >= 11 is 0. The second-order valence-corrected chi connectivity index (χ2v) is 18.1. The summed E-state index contributed by atoms with van der Waals surface area (Å²) in [4.78, 5) is 15.4. The largest absolute Gasteiger partial charge is 0.311 e. The SMILES string of the molecule is c1ccc(-c2cc(-c3ccccc3-n3c4ccccc4c4cc(-c5cc6c7c(c5)N(c5ccccc5)c5ccccc5B7c5ccccc5N6c5ccccc5)ccc43)nc(-c3ccccc3)n2)cc1. The summed E-state index contributed by atoms with van der Waals surface area (Å²) in [5.41, 5.74) is 21.3. The van der Waals surface area contributed by atoms with Crippen LogP contribution >= 0.6 is 0 Å². The van der Waals surface area contributed by atoms with Crippen LogP contribution in [0.1, 0.15) is 0 Å². The highest BCUT2D eigenvalue weighted by Gasteiger charge is 2.43. The van der Waals surface area contributed by atoms with Crippen LogP contribution in [0, 0.1) is 0 Å². The number of rotatable bonds is 7. The van der Waals surface area contributed by atoms with Gasteiger partial charge in [-0.05, 0) is 106 Å². The first-order chi connectivity index (χ1) is 34.7. The molecule has 6 heteroatoms. The molecule has 326 valence electrons. The first-order valence-corrected chi connectivity index (χ1v) is 23.9. The summed E-state index contributed by atoms with van der Waals surface area (Å²) < 4.78 is 2.42. The minimum atomic E-state index is 0.0503. The second-order valence-electron chi connectivity index (χ2n) is 18.1. The fraction of sp³-hybridized carbons (Fsp3) is 0. The van der Waals surface area contributed by atoms with Gasteiger partial charge in [0.15, 0.2) is 5.82 Å². The first-order valence-electron chi connectivity index (χ1n) is 23.9. The Kier molecular flexibility index (Phi) is 9.24. The standard InChI is InChI=1S/C64H42BN5/c1-5-21-43(22-6-1)54-42-55(67-64(66-54)44-23-7-2-8-24-44)50-30-14-18-34-57(50)70-56-33-17-13-29-49(56)51-39-45(37-38-58(51)70)46-40-61-63-62(41-46)69(48-27-11-4-12-28-48)60-36-20-16-32-53(60)65(63)52-31-15-19-35-59(52)68(61)47-25-9-3-10-26-47/h1-42H.